The molecule has 1 aromatic heterocycles. The van der Waals surface area contributed by atoms with Gasteiger partial charge in [0.25, 0.3) is 11.6 Å². The van der Waals surface area contributed by atoms with Gasteiger partial charge in [-0.15, -0.1) is 0 Å². The Bertz CT molecular complexity index is 1060. The summed E-state index contributed by atoms with van der Waals surface area (Å²) in [5.41, 5.74) is 4.71. The Labute approximate surface area is 166 Å². The smallest absolute Gasteiger partial charge is 0.290 e. The highest BCUT2D eigenvalue weighted by Crippen LogP contribution is 2.43. The molecule has 1 aliphatic rings. The van der Waals surface area contributed by atoms with Gasteiger partial charge in [-0.3, -0.25) is 4.90 Å². The van der Waals surface area contributed by atoms with Gasteiger partial charge in [-0.05, 0) is 41.7 Å². The van der Waals surface area contributed by atoms with Crippen molar-refractivity contribution in [1.82, 2.24) is 9.97 Å². The van der Waals surface area contributed by atoms with E-state index >= 15 is 0 Å². The largest absolute Gasteiger partial charge is 0.359 e. The second kappa shape index (κ2) is 6.65. The minimum absolute atomic E-state index is 0.110. The maximum atomic E-state index is 7.31. The third-order valence-corrected chi connectivity index (χ3v) is 5.08. The van der Waals surface area contributed by atoms with Crippen molar-refractivity contribution in [1.29, 1.82) is 0 Å². The molecular formula is C23H23N5. The maximum Gasteiger partial charge on any atom is 0.290 e. The van der Waals surface area contributed by atoms with Crippen LogP contribution in [-0.2, 0) is 5.41 Å². The van der Waals surface area contributed by atoms with E-state index in [0.29, 0.717) is 12.5 Å². The Morgan fingerprint density at radius 2 is 1.68 bits per heavy atom. The van der Waals surface area contributed by atoms with E-state index in [9.17, 15) is 0 Å². The van der Waals surface area contributed by atoms with Crippen molar-refractivity contribution >= 4 is 28.8 Å². The van der Waals surface area contributed by atoms with Crippen LogP contribution < -0.4 is 9.80 Å². The van der Waals surface area contributed by atoms with E-state index in [1.165, 1.54) is 5.56 Å². The van der Waals surface area contributed by atoms with Crippen molar-refractivity contribution in [2.24, 2.45) is 0 Å². The molecule has 1 aliphatic heterocycles. The predicted octanol–water partition coefficient (Wildman–Crippen LogP) is 5.88. The molecule has 0 saturated heterocycles. The van der Waals surface area contributed by atoms with E-state index < -0.39 is 0 Å². The number of rotatable bonds is 2. The van der Waals surface area contributed by atoms with E-state index in [-0.39, 0.29) is 5.41 Å². The Kier molecular flexibility index (Phi) is 4.27. The molecule has 5 nitrogen and oxygen atoms in total. The molecule has 2 aromatic carbocycles. The Hall–Kier alpha value is -3.39. The molecule has 0 aliphatic carbocycles. The number of fused-ring (bicyclic) bond motifs is 1. The van der Waals surface area contributed by atoms with Gasteiger partial charge in [-0.25, -0.2) is 4.98 Å². The lowest BCUT2D eigenvalue weighted by Gasteiger charge is -2.23. The molecule has 0 saturated carbocycles. The lowest BCUT2D eigenvalue weighted by molar-refractivity contribution is 0.590. The second-order valence-electron chi connectivity index (χ2n) is 8.07. The summed E-state index contributed by atoms with van der Waals surface area (Å²) in [6.45, 7) is 16.6. The van der Waals surface area contributed by atoms with E-state index in [4.69, 9.17) is 6.57 Å². The summed E-state index contributed by atoms with van der Waals surface area (Å²) >= 11 is 0. The van der Waals surface area contributed by atoms with Crippen LogP contribution in [0, 0.1) is 13.5 Å². The molecule has 0 bridgehead atoms. The van der Waals surface area contributed by atoms with E-state index in [1.807, 2.05) is 12.1 Å². The molecule has 3 aromatic rings. The zero-order chi connectivity index (χ0) is 19.9. The van der Waals surface area contributed by atoms with Gasteiger partial charge in [0.15, 0.2) is 0 Å². The number of hydrogen-bond donors (Lipinski definition) is 0. The molecule has 2 heterocycles. The van der Waals surface area contributed by atoms with Gasteiger partial charge in [0.2, 0.25) is 5.82 Å². The van der Waals surface area contributed by atoms with Crippen molar-refractivity contribution in [3.05, 3.63) is 77.3 Å². The summed E-state index contributed by atoms with van der Waals surface area (Å²) in [5.74, 6) is 1.81. The Balaban J connectivity index is 1.79. The summed E-state index contributed by atoms with van der Waals surface area (Å²) in [6.07, 6.45) is 1.55. The Morgan fingerprint density at radius 3 is 2.32 bits per heavy atom. The monoisotopic (exact) mass is 369 g/mol. The van der Waals surface area contributed by atoms with Crippen LogP contribution in [0.1, 0.15) is 31.9 Å². The number of para-hydroxylation sites is 1. The van der Waals surface area contributed by atoms with Gasteiger partial charge >= 0.3 is 0 Å². The average Bonchev–Trinajstić information content (AvgIpc) is 3.06. The van der Waals surface area contributed by atoms with Gasteiger partial charge in [-0.2, -0.15) is 0 Å². The summed E-state index contributed by atoms with van der Waals surface area (Å²) in [4.78, 5) is 16.9. The standard InChI is InChI=1S/C23H23N5/c1-16-8-6-7-9-19(16)28-15-27(21-22(28)26-20(24-5)14-25-21)18-12-10-17(11-13-18)23(2,3)4/h6-14H,15H2,1-4H3. The zero-order valence-electron chi connectivity index (χ0n) is 16.6. The van der Waals surface area contributed by atoms with E-state index in [0.717, 1.165) is 28.6 Å². The molecule has 0 spiro atoms. The van der Waals surface area contributed by atoms with Crippen LogP contribution in [0.5, 0.6) is 0 Å². The van der Waals surface area contributed by atoms with Gasteiger partial charge in [-0.1, -0.05) is 62.7 Å². The molecule has 0 unspecified atom stereocenters. The first-order chi connectivity index (χ1) is 13.4. The third kappa shape index (κ3) is 3.07. The quantitative estimate of drug-likeness (QED) is 0.529. The fourth-order valence-corrected chi connectivity index (χ4v) is 3.47. The SMILES string of the molecule is [C-]#[N+]c1cnc2c(n1)N(c1ccccc1C)CN2c1ccc(C(C)(C)C)cc1. The number of nitrogens with zero attached hydrogens (tertiary/aromatic N) is 5. The van der Waals surface area contributed by atoms with Gasteiger partial charge in [0, 0.05) is 11.4 Å². The van der Waals surface area contributed by atoms with Crippen molar-refractivity contribution in [3.8, 4) is 0 Å². The highest BCUT2D eigenvalue weighted by molar-refractivity contribution is 5.83. The van der Waals surface area contributed by atoms with E-state index in [1.54, 1.807) is 6.20 Å². The molecule has 0 radical (unpaired) electrons. The zero-order valence-corrected chi connectivity index (χ0v) is 16.6. The highest BCUT2D eigenvalue weighted by atomic mass is 15.4. The summed E-state index contributed by atoms with van der Waals surface area (Å²) in [5, 5.41) is 0. The number of aromatic nitrogens is 2. The number of benzene rings is 2. The Morgan fingerprint density at radius 1 is 0.964 bits per heavy atom. The molecule has 0 atom stereocenters. The third-order valence-electron chi connectivity index (χ3n) is 5.08. The van der Waals surface area contributed by atoms with Crippen molar-refractivity contribution in [2.45, 2.75) is 33.1 Å². The molecule has 4 rings (SSSR count). The molecule has 28 heavy (non-hydrogen) atoms. The molecule has 140 valence electrons. The minimum atomic E-state index is 0.110. The summed E-state index contributed by atoms with van der Waals surface area (Å²) in [7, 11) is 0. The summed E-state index contributed by atoms with van der Waals surface area (Å²) in [6, 6.07) is 16.8. The predicted molar refractivity (Wildman–Crippen MR) is 114 cm³/mol. The normalized spacial score (nSPS) is 13.4. The van der Waals surface area contributed by atoms with Gasteiger partial charge in [0.1, 0.15) is 6.67 Å². The first-order valence-electron chi connectivity index (χ1n) is 9.34. The molecule has 0 N–H and O–H groups in total. The van der Waals surface area contributed by atoms with Gasteiger partial charge < -0.3 is 9.74 Å². The molecule has 0 fully saturated rings. The topological polar surface area (TPSA) is 36.6 Å². The van der Waals surface area contributed by atoms with E-state index in [2.05, 4.69) is 88.7 Å². The molecule has 5 heteroatoms. The second-order valence-corrected chi connectivity index (χ2v) is 8.07. The van der Waals surface area contributed by atoms with Crippen molar-refractivity contribution in [3.63, 3.8) is 0 Å². The fourth-order valence-electron chi connectivity index (χ4n) is 3.47. The lowest BCUT2D eigenvalue weighted by Crippen LogP contribution is -2.25. The number of aryl methyl sites for hydroxylation is 1. The van der Waals surface area contributed by atoms with Crippen LogP contribution in [0.15, 0.2) is 54.7 Å². The van der Waals surface area contributed by atoms with Crippen LogP contribution in [0.4, 0.5) is 28.8 Å². The summed E-state index contributed by atoms with van der Waals surface area (Å²) < 4.78 is 0. The number of hydrogen-bond acceptors (Lipinski definition) is 4. The van der Waals surface area contributed by atoms with Crippen LogP contribution in [0.2, 0.25) is 0 Å². The first kappa shape index (κ1) is 18.0. The van der Waals surface area contributed by atoms with Crippen LogP contribution >= 0.6 is 0 Å². The van der Waals surface area contributed by atoms with Crippen molar-refractivity contribution < 1.29 is 0 Å². The van der Waals surface area contributed by atoms with Crippen LogP contribution in [0.3, 0.4) is 0 Å². The van der Waals surface area contributed by atoms with Crippen LogP contribution in [-0.4, -0.2) is 16.6 Å². The highest BCUT2D eigenvalue weighted by Gasteiger charge is 2.34. The average molecular weight is 369 g/mol. The fraction of sp³-hybridized carbons (Fsp3) is 0.261. The molecular weight excluding hydrogens is 346 g/mol. The first-order valence-corrected chi connectivity index (χ1v) is 9.34. The molecule has 0 amide bonds. The lowest BCUT2D eigenvalue weighted by atomic mass is 9.87. The minimum Gasteiger partial charge on any atom is -0.359 e. The van der Waals surface area contributed by atoms with Crippen LogP contribution in [0.25, 0.3) is 4.85 Å². The number of anilines is 4. The van der Waals surface area contributed by atoms with Crippen molar-refractivity contribution in [2.75, 3.05) is 16.5 Å². The van der Waals surface area contributed by atoms with Gasteiger partial charge in [0.05, 0.1) is 6.20 Å². The maximum absolute atomic E-state index is 7.31.